The van der Waals surface area contributed by atoms with Gasteiger partial charge in [0.1, 0.15) is 22.9 Å². The molecule has 6 nitrogen and oxygen atoms in total. The largest absolute Gasteiger partial charge is 0.454 e. The number of fused-ring (bicyclic) bond motifs is 1. The molecule has 0 saturated heterocycles. The molecule has 0 unspecified atom stereocenters. The molecule has 0 bridgehead atoms. The first-order valence-electron chi connectivity index (χ1n) is 5.64. The maximum absolute atomic E-state index is 13.1. The normalized spacial score (nSPS) is 10.8. The van der Waals surface area contributed by atoms with Gasteiger partial charge in [-0.1, -0.05) is 0 Å². The lowest BCUT2D eigenvalue weighted by Gasteiger charge is -1.98. The van der Waals surface area contributed by atoms with Crippen LogP contribution in [0.4, 0.5) is 15.9 Å². The lowest BCUT2D eigenvalue weighted by atomic mass is 10.2. The fourth-order valence-electron chi connectivity index (χ4n) is 1.91. The van der Waals surface area contributed by atoms with Crippen LogP contribution in [0.15, 0.2) is 40.8 Å². The van der Waals surface area contributed by atoms with Crippen LogP contribution < -0.4 is 5.73 Å². The number of hydrogen-bond acceptors (Lipinski definition) is 5. The van der Waals surface area contributed by atoms with Crippen LogP contribution in [0.1, 0.15) is 0 Å². The van der Waals surface area contributed by atoms with Crippen molar-refractivity contribution in [1.29, 1.82) is 0 Å². The topological polar surface area (TPSA) is 95.2 Å². The summed E-state index contributed by atoms with van der Waals surface area (Å²) in [6, 6.07) is 8.03. The summed E-state index contributed by atoms with van der Waals surface area (Å²) in [5.74, 6) is -0.0850. The Labute approximate surface area is 111 Å². The van der Waals surface area contributed by atoms with Gasteiger partial charge in [-0.25, -0.2) is 9.37 Å². The van der Waals surface area contributed by atoms with Crippen molar-refractivity contribution < 1.29 is 13.7 Å². The van der Waals surface area contributed by atoms with Crippen molar-refractivity contribution in [2.45, 2.75) is 0 Å². The number of benzene rings is 1. The molecule has 2 N–H and O–H groups in total. The molecule has 0 spiro atoms. The Balaban J connectivity index is 2.17. The number of nitrogens with two attached hydrogens (primary N) is 1. The predicted molar refractivity (Wildman–Crippen MR) is 70.5 cm³/mol. The number of nitro groups is 1. The van der Waals surface area contributed by atoms with Gasteiger partial charge in [-0.3, -0.25) is 10.1 Å². The van der Waals surface area contributed by atoms with Gasteiger partial charge < -0.3 is 10.2 Å². The molecule has 3 aromatic rings. The van der Waals surface area contributed by atoms with Crippen LogP contribution >= 0.6 is 0 Å². The van der Waals surface area contributed by atoms with Gasteiger partial charge in [0.05, 0.1) is 11.0 Å². The van der Waals surface area contributed by atoms with E-state index in [0.29, 0.717) is 16.7 Å². The average Bonchev–Trinajstić information content (AvgIpc) is 2.80. The standard InChI is InChI=1S/C13H8FN3O3/c14-8-1-2-11-7(3-8)4-12(20-11)10-5-9(17(18)19)6-13(15)16-10/h1-6H,(H2,15,16). The van der Waals surface area contributed by atoms with E-state index in [1.54, 1.807) is 6.07 Å². The van der Waals surface area contributed by atoms with Gasteiger partial charge in [0.15, 0.2) is 5.76 Å². The van der Waals surface area contributed by atoms with E-state index in [9.17, 15) is 14.5 Å². The Morgan fingerprint density at radius 3 is 2.80 bits per heavy atom. The van der Waals surface area contributed by atoms with Gasteiger partial charge >= 0.3 is 0 Å². The molecule has 0 saturated carbocycles. The first kappa shape index (κ1) is 12.1. The van der Waals surface area contributed by atoms with Crippen LogP contribution in [0.2, 0.25) is 0 Å². The summed E-state index contributed by atoms with van der Waals surface area (Å²) in [6.07, 6.45) is 0. The third kappa shape index (κ3) is 2.05. The molecule has 0 atom stereocenters. The Morgan fingerprint density at radius 1 is 1.25 bits per heavy atom. The fraction of sp³-hybridized carbons (Fsp3) is 0. The van der Waals surface area contributed by atoms with Gasteiger partial charge in [0.25, 0.3) is 5.69 Å². The van der Waals surface area contributed by atoms with E-state index in [1.807, 2.05) is 0 Å². The van der Waals surface area contributed by atoms with Crippen molar-refractivity contribution in [1.82, 2.24) is 4.98 Å². The molecule has 0 fully saturated rings. The first-order valence-corrected chi connectivity index (χ1v) is 5.64. The minimum absolute atomic E-state index is 0.0147. The van der Waals surface area contributed by atoms with Crippen molar-refractivity contribution in [3.63, 3.8) is 0 Å². The third-order valence-electron chi connectivity index (χ3n) is 2.77. The van der Waals surface area contributed by atoms with Crippen molar-refractivity contribution in [3.8, 4) is 11.5 Å². The summed E-state index contributed by atoms with van der Waals surface area (Å²) in [5, 5.41) is 11.3. The Morgan fingerprint density at radius 2 is 2.05 bits per heavy atom. The number of anilines is 1. The van der Waals surface area contributed by atoms with E-state index < -0.39 is 10.7 Å². The zero-order valence-corrected chi connectivity index (χ0v) is 10.0. The second kappa shape index (κ2) is 4.30. The molecule has 0 amide bonds. The van der Waals surface area contributed by atoms with Gasteiger partial charge in [0.2, 0.25) is 0 Å². The number of halogens is 1. The molecule has 2 aromatic heterocycles. The summed E-state index contributed by atoms with van der Waals surface area (Å²) in [6.45, 7) is 0. The lowest BCUT2D eigenvalue weighted by Crippen LogP contribution is -1.96. The van der Waals surface area contributed by atoms with Gasteiger partial charge in [0, 0.05) is 11.5 Å². The highest BCUT2D eigenvalue weighted by atomic mass is 19.1. The molecule has 1 aromatic carbocycles. The molecule has 2 heterocycles. The predicted octanol–water partition coefficient (Wildman–Crippen LogP) is 3.12. The summed E-state index contributed by atoms with van der Waals surface area (Å²) < 4.78 is 18.6. The van der Waals surface area contributed by atoms with Crippen LogP contribution in [-0.2, 0) is 0 Å². The van der Waals surface area contributed by atoms with E-state index in [2.05, 4.69) is 4.98 Å². The molecule has 20 heavy (non-hydrogen) atoms. The molecule has 0 radical (unpaired) electrons. The quantitative estimate of drug-likeness (QED) is 0.571. The molecule has 7 heteroatoms. The number of pyridine rings is 1. The summed E-state index contributed by atoms with van der Waals surface area (Å²) in [5.41, 5.74) is 6.05. The average molecular weight is 273 g/mol. The van der Waals surface area contributed by atoms with E-state index in [4.69, 9.17) is 10.2 Å². The molecular weight excluding hydrogens is 265 g/mol. The summed E-state index contributed by atoms with van der Waals surface area (Å²) in [7, 11) is 0. The van der Waals surface area contributed by atoms with Crippen LogP contribution in [0.5, 0.6) is 0 Å². The van der Waals surface area contributed by atoms with E-state index in [-0.39, 0.29) is 17.2 Å². The minimum Gasteiger partial charge on any atom is -0.454 e. The first-order chi connectivity index (χ1) is 9.52. The summed E-state index contributed by atoms with van der Waals surface area (Å²) in [4.78, 5) is 14.2. The maximum atomic E-state index is 13.1. The highest BCUT2D eigenvalue weighted by molar-refractivity contribution is 5.82. The second-order valence-corrected chi connectivity index (χ2v) is 4.19. The van der Waals surface area contributed by atoms with Gasteiger partial charge in [-0.05, 0) is 24.3 Å². The van der Waals surface area contributed by atoms with Crippen LogP contribution in [0.25, 0.3) is 22.4 Å². The van der Waals surface area contributed by atoms with Gasteiger partial charge in [-0.2, -0.15) is 0 Å². The number of nitrogen functional groups attached to an aromatic ring is 1. The zero-order chi connectivity index (χ0) is 14.3. The van der Waals surface area contributed by atoms with Crippen molar-refractivity contribution >= 4 is 22.5 Å². The SMILES string of the molecule is Nc1cc([N+](=O)[O-])cc(-c2cc3cc(F)ccc3o2)n1. The maximum Gasteiger partial charge on any atom is 0.275 e. The fourth-order valence-corrected chi connectivity index (χ4v) is 1.91. The highest BCUT2D eigenvalue weighted by Crippen LogP contribution is 2.29. The number of nitrogens with zero attached hydrogens (tertiary/aromatic N) is 2. The van der Waals surface area contributed by atoms with Crippen molar-refractivity contribution in [3.05, 3.63) is 52.3 Å². The number of furan rings is 1. The third-order valence-corrected chi connectivity index (χ3v) is 2.77. The van der Waals surface area contributed by atoms with Crippen LogP contribution in [0, 0.1) is 15.9 Å². The van der Waals surface area contributed by atoms with Crippen molar-refractivity contribution in [2.24, 2.45) is 0 Å². The Bertz CT molecular complexity index is 829. The summed E-state index contributed by atoms with van der Waals surface area (Å²) >= 11 is 0. The van der Waals surface area contributed by atoms with E-state index in [1.165, 1.54) is 24.3 Å². The minimum atomic E-state index is -0.566. The van der Waals surface area contributed by atoms with Crippen molar-refractivity contribution in [2.75, 3.05) is 5.73 Å². The molecule has 0 aliphatic carbocycles. The van der Waals surface area contributed by atoms with Gasteiger partial charge in [-0.15, -0.1) is 0 Å². The van der Waals surface area contributed by atoms with E-state index in [0.717, 1.165) is 6.07 Å². The number of hydrogen-bond donors (Lipinski definition) is 1. The smallest absolute Gasteiger partial charge is 0.275 e. The van der Waals surface area contributed by atoms with Crippen LogP contribution in [-0.4, -0.2) is 9.91 Å². The molecule has 0 aliphatic rings. The molecule has 0 aliphatic heterocycles. The molecule has 100 valence electrons. The molecular formula is C13H8FN3O3. The second-order valence-electron chi connectivity index (χ2n) is 4.19. The molecule has 3 rings (SSSR count). The number of aromatic nitrogens is 1. The lowest BCUT2D eigenvalue weighted by molar-refractivity contribution is -0.384. The highest BCUT2D eigenvalue weighted by Gasteiger charge is 2.14. The number of rotatable bonds is 2. The Hall–Kier alpha value is -2.96. The van der Waals surface area contributed by atoms with E-state index >= 15 is 0 Å². The van der Waals surface area contributed by atoms with Crippen LogP contribution in [0.3, 0.4) is 0 Å². The Kier molecular flexibility index (Phi) is 2.60. The zero-order valence-electron chi connectivity index (χ0n) is 10.0. The monoisotopic (exact) mass is 273 g/mol.